The molecule has 4 heteroatoms. The molecule has 0 saturated heterocycles. The molecule has 3 rings (SSSR count). The molecular formula is C20H20N2OS. The lowest BCUT2D eigenvalue weighted by Gasteiger charge is -2.21. The van der Waals surface area contributed by atoms with Crippen molar-refractivity contribution in [1.82, 2.24) is 0 Å². The minimum absolute atomic E-state index is 0.0335. The van der Waals surface area contributed by atoms with E-state index in [1.807, 2.05) is 79.9 Å². The summed E-state index contributed by atoms with van der Waals surface area (Å²) in [5.41, 5.74) is 4.20. The third-order valence-corrected chi connectivity index (χ3v) is 4.64. The molecule has 0 bridgehead atoms. The first kappa shape index (κ1) is 16.3. The lowest BCUT2D eigenvalue weighted by Crippen LogP contribution is -2.36. The van der Waals surface area contributed by atoms with E-state index in [1.54, 1.807) is 0 Å². The molecule has 2 N–H and O–H groups in total. The van der Waals surface area contributed by atoms with E-state index in [2.05, 4.69) is 10.6 Å². The predicted octanol–water partition coefficient (Wildman–Crippen LogP) is 5.10. The van der Waals surface area contributed by atoms with Crippen LogP contribution in [0.15, 0.2) is 66.0 Å². The summed E-state index contributed by atoms with van der Waals surface area (Å²) in [6, 6.07) is 19.8. The van der Waals surface area contributed by atoms with Crippen molar-refractivity contribution in [2.45, 2.75) is 20.0 Å². The van der Waals surface area contributed by atoms with E-state index >= 15 is 0 Å². The number of hydrogen-bond acceptors (Lipinski definition) is 4. The van der Waals surface area contributed by atoms with Gasteiger partial charge in [-0.2, -0.15) is 0 Å². The predicted molar refractivity (Wildman–Crippen MR) is 102 cm³/mol. The van der Waals surface area contributed by atoms with Crippen molar-refractivity contribution in [3.8, 4) is 0 Å². The molecule has 3 aromatic rings. The van der Waals surface area contributed by atoms with Crippen LogP contribution in [0.2, 0.25) is 0 Å². The summed E-state index contributed by atoms with van der Waals surface area (Å²) in [6.07, 6.45) is -0.519. The molecule has 2 aromatic carbocycles. The smallest absolute Gasteiger partial charge is 0.215 e. The molecule has 0 aliphatic rings. The topological polar surface area (TPSA) is 41.1 Å². The van der Waals surface area contributed by atoms with Gasteiger partial charge in [0.1, 0.15) is 0 Å². The Bertz CT molecular complexity index is 745. The van der Waals surface area contributed by atoms with Crippen LogP contribution in [0, 0.1) is 13.8 Å². The van der Waals surface area contributed by atoms with E-state index < -0.39 is 6.17 Å². The van der Waals surface area contributed by atoms with E-state index in [-0.39, 0.29) is 5.78 Å². The molecule has 0 saturated carbocycles. The summed E-state index contributed by atoms with van der Waals surface area (Å²) >= 11 is 1.46. The Morgan fingerprint density at radius 1 is 0.833 bits per heavy atom. The van der Waals surface area contributed by atoms with Crippen LogP contribution in [0.3, 0.4) is 0 Å². The first-order chi connectivity index (χ1) is 11.6. The number of Topliss-reactive ketones (excluding diaryl/α,β-unsaturated/α-hetero) is 1. The Morgan fingerprint density at radius 3 is 1.75 bits per heavy atom. The van der Waals surface area contributed by atoms with E-state index in [0.717, 1.165) is 16.3 Å². The molecule has 0 amide bonds. The highest BCUT2D eigenvalue weighted by Gasteiger charge is 2.20. The molecule has 24 heavy (non-hydrogen) atoms. The van der Waals surface area contributed by atoms with Crippen LogP contribution in [0.4, 0.5) is 11.4 Å². The Labute approximate surface area is 146 Å². The maximum absolute atomic E-state index is 12.8. The summed E-state index contributed by atoms with van der Waals surface area (Å²) in [4.78, 5) is 13.6. The Balaban J connectivity index is 1.83. The van der Waals surface area contributed by atoms with Crippen molar-refractivity contribution in [2.75, 3.05) is 10.6 Å². The maximum Gasteiger partial charge on any atom is 0.215 e. The number of hydrogen-bond donors (Lipinski definition) is 2. The summed E-state index contributed by atoms with van der Waals surface area (Å²) < 4.78 is 0. The second-order valence-corrected chi connectivity index (χ2v) is 6.74. The van der Waals surface area contributed by atoms with Gasteiger partial charge in [-0.1, -0.05) is 41.5 Å². The van der Waals surface area contributed by atoms with Gasteiger partial charge in [0.2, 0.25) is 5.78 Å². The van der Waals surface area contributed by atoms with Crippen molar-refractivity contribution in [1.29, 1.82) is 0 Å². The fourth-order valence-electron chi connectivity index (χ4n) is 2.36. The first-order valence-electron chi connectivity index (χ1n) is 7.86. The van der Waals surface area contributed by atoms with Crippen LogP contribution in [-0.2, 0) is 0 Å². The molecule has 3 nitrogen and oxygen atoms in total. The van der Waals surface area contributed by atoms with Crippen LogP contribution in [0.1, 0.15) is 20.8 Å². The molecule has 122 valence electrons. The van der Waals surface area contributed by atoms with Gasteiger partial charge in [-0.25, -0.2) is 0 Å². The SMILES string of the molecule is Cc1ccc(NC(Nc2ccc(C)cc2)C(=O)c2cccs2)cc1. The number of nitrogens with one attached hydrogen (secondary N) is 2. The molecule has 0 atom stereocenters. The lowest BCUT2D eigenvalue weighted by atomic mass is 10.2. The monoisotopic (exact) mass is 336 g/mol. The number of carbonyl (C=O) groups excluding carboxylic acids is 1. The molecule has 0 aliphatic heterocycles. The molecule has 1 heterocycles. The molecular weight excluding hydrogens is 316 g/mol. The van der Waals surface area contributed by atoms with Crippen LogP contribution >= 0.6 is 11.3 Å². The highest BCUT2D eigenvalue weighted by Crippen LogP contribution is 2.18. The fraction of sp³-hybridized carbons (Fsp3) is 0.150. The zero-order valence-electron chi connectivity index (χ0n) is 13.7. The van der Waals surface area contributed by atoms with Gasteiger partial charge in [-0.05, 0) is 49.6 Å². The van der Waals surface area contributed by atoms with Gasteiger partial charge in [0.25, 0.3) is 0 Å². The summed E-state index contributed by atoms with van der Waals surface area (Å²) in [5, 5.41) is 8.53. The Kier molecular flexibility index (Phi) is 4.96. The molecule has 0 radical (unpaired) electrons. The quantitative estimate of drug-likeness (QED) is 0.486. The van der Waals surface area contributed by atoms with Crippen molar-refractivity contribution in [3.05, 3.63) is 82.0 Å². The minimum Gasteiger partial charge on any atom is -0.359 e. The fourth-order valence-corrected chi connectivity index (χ4v) is 3.06. The van der Waals surface area contributed by atoms with Crippen molar-refractivity contribution in [3.63, 3.8) is 0 Å². The summed E-state index contributed by atoms with van der Waals surface area (Å²) in [7, 11) is 0. The number of rotatable bonds is 6. The third kappa shape index (κ3) is 4.03. The van der Waals surface area contributed by atoms with E-state index in [4.69, 9.17) is 0 Å². The van der Waals surface area contributed by atoms with E-state index in [0.29, 0.717) is 0 Å². The van der Waals surface area contributed by atoms with Crippen molar-refractivity contribution >= 4 is 28.5 Å². The minimum atomic E-state index is -0.519. The maximum atomic E-state index is 12.8. The number of aryl methyl sites for hydroxylation is 2. The van der Waals surface area contributed by atoms with Gasteiger partial charge in [-0.3, -0.25) is 4.79 Å². The standard InChI is InChI=1S/C20H20N2OS/c1-14-5-9-16(10-6-14)21-20(19(23)18-4-3-13-24-18)22-17-11-7-15(2)8-12-17/h3-13,20-22H,1-2H3. The van der Waals surface area contributed by atoms with Gasteiger partial charge >= 0.3 is 0 Å². The number of ketones is 1. The van der Waals surface area contributed by atoms with Crippen molar-refractivity contribution < 1.29 is 4.79 Å². The largest absolute Gasteiger partial charge is 0.359 e. The van der Waals surface area contributed by atoms with Gasteiger partial charge < -0.3 is 10.6 Å². The second-order valence-electron chi connectivity index (χ2n) is 5.80. The highest BCUT2D eigenvalue weighted by molar-refractivity contribution is 7.12. The normalized spacial score (nSPS) is 10.6. The number of benzene rings is 2. The first-order valence-corrected chi connectivity index (χ1v) is 8.74. The number of thiophene rings is 1. The van der Waals surface area contributed by atoms with Gasteiger partial charge in [0.15, 0.2) is 6.17 Å². The number of anilines is 2. The number of carbonyl (C=O) groups is 1. The second kappa shape index (κ2) is 7.32. The average Bonchev–Trinajstić information content (AvgIpc) is 3.12. The summed E-state index contributed by atoms with van der Waals surface area (Å²) in [5.74, 6) is 0.0335. The van der Waals surface area contributed by atoms with E-state index in [9.17, 15) is 4.79 Å². The highest BCUT2D eigenvalue weighted by atomic mass is 32.1. The third-order valence-electron chi connectivity index (χ3n) is 3.75. The average molecular weight is 336 g/mol. The summed E-state index contributed by atoms with van der Waals surface area (Å²) in [6.45, 7) is 4.09. The Morgan fingerprint density at radius 2 is 1.33 bits per heavy atom. The Hall–Kier alpha value is -2.59. The van der Waals surface area contributed by atoms with Crippen molar-refractivity contribution in [2.24, 2.45) is 0 Å². The van der Waals surface area contributed by atoms with Crippen LogP contribution in [-0.4, -0.2) is 11.9 Å². The molecule has 0 aliphatic carbocycles. The van der Waals surface area contributed by atoms with Crippen LogP contribution < -0.4 is 10.6 Å². The zero-order valence-corrected chi connectivity index (χ0v) is 14.6. The molecule has 0 unspecified atom stereocenters. The molecule has 0 fully saturated rings. The van der Waals surface area contributed by atoms with E-state index in [1.165, 1.54) is 22.5 Å². The van der Waals surface area contributed by atoms with Crippen LogP contribution in [0.5, 0.6) is 0 Å². The zero-order chi connectivity index (χ0) is 16.9. The van der Waals surface area contributed by atoms with Gasteiger partial charge in [0.05, 0.1) is 4.88 Å². The van der Waals surface area contributed by atoms with Gasteiger partial charge in [0, 0.05) is 11.4 Å². The van der Waals surface area contributed by atoms with Crippen LogP contribution in [0.25, 0.3) is 0 Å². The van der Waals surface area contributed by atoms with Gasteiger partial charge in [-0.15, -0.1) is 11.3 Å². The molecule has 1 aromatic heterocycles. The lowest BCUT2D eigenvalue weighted by molar-refractivity contribution is 0.0982. The molecule has 0 spiro atoms.